The average Bonchev–Trinajstić information content (AvgIpc) is 2.47. The predicted octanol–water partition coefficient (Wildman–Crippen LogP) is 4.32. The van der Waals surface area contributed by atoms with Crippen LogP contribution >= 0.6 is 0 Å². The number of unbranched alkanes of at least 4 members (excludes halogenated alkanes) is 5. The molecule has 1 aromatic rings. The van der Waals surface area contributed by atoms with Crippen molar-refractivity contribution >= 4 is 0 Å². The molecule has 0 aromatic carbocycles. The van der Waals surface area contributed by atoms with Gasteiger partial charge in [-0.1, -0.05) is 46.0 Å². The zero-order chi connectivity index (χ0) is 14.5. The Labute approximate surface area is 124 Å². The second-order valence-electron chi connectivity index (χ2n) is 5.30. The van der Waals surface area contributed by atoms with E-state index in [1.165, 1.54) is 37.7 Å². The highest BCUT2D eigenvalue weighted by atomic mass is 16.5. The number of hydrogen-bond donors (Lipinski definition) is 1. The normalized spacial score (nSPS) is 10.7. The number of rotatable bonds is 12. The van der Waals surface area contributed by atoms with E-state index in [0.717, 1.165) is 38.4 Å². The Morgan fingerprint density at radius 3 is 2.65 bits per heavy atom. The van der Waals surface area contributed by atoms with Crippen molar-refractivity contribution in [1.29, 1.82) is 0 Å². The molecule has 0 radical (unpaired) electrons. The van der Waals surface area contributed by atoms with Gasteiger partial charge in [-0.25, -0.2) is 4.98 Å². The van der Waals surface area contributed by atoms with Gasteiger partial charge < -0.3 is 10.1 Å². The Hall–Kier alpha value is -1.09. The molecule has 0 unspecified atom stereocenters. The van der Waals surface area contributed by atoms with Crippen molar-refractivity contribution in [1.82, 2.24) is 10.3 Å². The topological polar surface area (TPSA) is 34.1 Å². The molecule has 3 nitrogen and oxygen atoms in total. The molecule has 0 aliphatic rings. The van der Waals surface area contributed by atoms with Gasteiger partial charge in [0.05, 0.1) is 6.61 Å². The highest BCUT2D eigenvalue weighted by Crippen LogP contribution is 2.11. The molecular formula is C17H30N2O. The molecule has 1 rings (SSSR count). The standard InChI is InChI=1S/C17H30N2O/c1-3-5-6-7-8-9-13-20-17-14-16(10-12-19-17)15-18-11-4-2/h10,12,14,18H,3-9,11,13,15H2,1-2H3. The average molecular weight is 278 g/mol. The highest BCUT2D eigenvalue weighted by molar-refractivity contribution is 5.20. The summed E-state index contributed by atoms with van der Waals surface area (Å²) in [5.41, 5.74) is 1.24. The molecule has 0 fully saturated rings. The Morgan fingerprint density at radius 1 is 1.05 bits per heavy atom. The lowest BCUT2D eigenvalue weighted by atomic mass is 10.1. The summed E-state index contributed by atoms with van der Waals surface area (Å²) >= 11 is 0. The zero-order valence-corrected chi connectivity index (χ0v) is 13.2. The fourth-order valence-corrected chi connectivity index (χ4v) is 2.11. The van der Waals surface area contributed by atoms with Crippen molar-refractivity contribution < 1.29 is 4.74 Å². The lowest BCUT2D eigenvalue weighted by molar-refractivity contribution is 0.293. The second-order valence-corrected chi connectivity index (χ2v) is 5.30. The molecule has 0 aliphatic heterocycles. The van der Waals surface area contributed by atoms with Crippen LogP contribution in [0.3, 0.4) is 0 Å². The Kier molecular flexibility index (Phi) is 9.93. The largest absolute Gasteiger partial charge is 0.478 e. The predicted molar refractivity (Wildman–Crippen MR) is 85.1 cm³/mol. The molecule has 3 heteroatoms. The van der Waals surface area contributed by atoms with Gasteiger partial charge in [0.2, 0.25) is 5.88 Å². The van der Waals surface area contributed by atoms with Crippen LogP contribution in [0.15, 0.2) is 18.3 Å². The van der Waals surface area contributed by atoms with Gasteiger partial charge in [-0.15, -0.1) is 0 Å². The summed E-state index contributed by atoms with van der Waals surface area (Å²) in [5, 5.41) is 3.39. The number of nitrogens with one attached hydrogen (secondary N) is 1. The number of hydrogen-bond acceptors (Lipinski definition) is 3. The molecule has 1 heterocycles. The van der Waals surface area contributed by atoms with Crippen LogP contribution in [0, 0.1) is 0 Å². The van der Waals surface area contributed by atoms with E-state index in [-0.39, 0.29) is 0 Å². The summed E-state index contributed by atoms with van der Waals surface area (Å²) in [6, 6.07) is 4.08. The summed E-state index contributed by atoms with van der Waals surface area (Å²) < 4.78 is 5.72. The fraction of sp³-hybridized carbons (Fsp3) is 0.706. The number of aromatic nitrogens is 1. The molecule has 114 valence electrons. The van der Waals surface area contributed by atoms with E-state index in [2.05, 4.69) is 24.1 Å². The second kappa shape index (κ2) is 11.7. The van der Waals surface area contributed by atoms with Gasteiger partial charge in [0.1, 0.15) is 0 Å². The van der Waals surface area contributed by atoms with Crippen LogP contribution in [0.4, 0.5) is 0 Å². The van der Waals surface area contributed by atoms with Gasteiger partial charge in [0.15, 0.2) is 0 Å². The first-order valence-corrected chi connectivity index (χ1v) is 8.15. The molecule has 20 heavy (non-hydrogen) atoms. The molecule has 0 amide bonds. The summed E-state index contributed by atoms with van der Waals surface area (Å²) in [5.74, 6) is 0.759. The molecule has 1 aromatic heterocycles. The van der Waals surface area contributed by atoms with E-state index in [4.69, 9.17) is 4.74 Å². The lowest BCUT2D eigenvalue weighted by Gasteiger charge is -2.07. The minimum Gasteiger partial charge on any atom is -0.478 e. The third-order valence-electron chi connectivity index (χ3n) is 3.30. The maximum atomic E-state index is 5.72. The monoisotopic (exact) mass is 278 g/mol. The van der Waals surface area contributed by atoms with E-state index in [0.29, 0.717) is 0 Å². The smallest absolute Gasteiger partial charge is 0.213 e. The van der Waals surface area contributed by atoms with E-state index in [1.807, 2.05) is 18.3 Å². The van der Waals surface area contributed by atoms with Crippen LogP contribution in [0.25, 0.3) is 0 Å². The number of pyridine rings is 1. The van der Waals surface area contributed by atoms with Crippen LogP contribution in [0.5, 0.6) is 5.88 Å². The molecule has 0 bridgehead atoms. The minimum absolute atomic E-state index is 0.759. The zero-order valence-electron chi connectivity index (χ0n) is 13.2. The maximum absolute atomic E-state index is 5.72. The van der Waals surface area contributed by atoms with E-state index >= 15 is 0 Å². The highest BCUT2D eigenvalue weighted by Gasteiger charge is 1.98. The van der Waals surface area contributed by atoms with Crippen LogP contribution in [-0.2, 0) is 6.54 Å². The van der Waals surface area contributed by atoms with Crippen molar-refractivity contribution in [3.63, 3.8) is 0 Å². The van der Waals surface area contributed by atoms with Crippen LogP contribution in [0.2, 0.25) is 0 Å². The summed E-state index contributed by atoms with van der Waals surface area (Å²) in [4.78, 5) is 4.26. The third-order valence-corrected chi connectivity index (χ3v) is 3.30. The van der Waals surface area contributed by atoms with Gasteiger partial charge in [-0.2, -0.15) is 0 Å². The van der Waals surface area contributed by atoms with Crippen molar-refractivity contribution in [2.45, 2.75) is 65.3 Å². The van der Waals surface area contributed by atoms with Crippen molar-refractivity contribution in [3.8, 4) is 5.88 Å². The van der Waals surface area contributed by atoms with E-state index in [9.17, 15) is 0 Å². The fourth-order valence-electron chi connectivity index (χ4n) is 2.11. The van der Waals surface area contributed by atoms with Crippen LogP contribution < -0.4 is 10.1 Å². The first kappa shape index (κ1) is 17.0. The van der Waals surface area contributed by atoms with E-state index < -0.39 is 0 Å². The molecule has 1 N–H and O–H groups in total. The lowest BCUT2D eigenvalue weighted by Crippen LogP contribution is -2.13. The Balaban J connectivity index is 2.14. The molecule has 0 spiro atoms. The molecule has 0 atom stereocenters. The summed E-state index contributed by atoms with van der Waals surface area (Å²) in [6.07, 6.45) is 10.7. The maximum Gasteiger partial charge on any atom is 0.213 e. The van der Waals surface area contributed by atoms with Gasteiger partial charge in [-0.3, -0.25) is 0 Å². The number of nitrogens with zero attached hydrogens (tertiary/aromatic N) is 1. The Bertz CT molecular complexity index is 342. The van der Waals surface area contributed by atoms with E-state index in [1.54, 1.807) is 0 Å². The van der Waals surface area contributed by atoms with Gasteiger partial charge >= 0.3 is 0 Å². The van der Waals surface area contributed by atoms with Gasteiger partial charge in [-0.05, 0) is 31.0 Å². The summed E-state index contributed by atoms with van der Waals surface area (Å²) in [6.45, 7) is 7.15. The van der Waals surface area contributed by atoms with Crippen LogP contribution in [-0.4, -0.2) is 18.1 Å². The van der Waals surface area contributed by atoms with Crippen LogP contribution in [0.1, 0.15) is 64.4 Å². The minimum atomic E-state index is 0.759. The molecule has 0 saturated heterocycles. The Morgan fingerprint density at radius 2 is 1.85 bits per heavy atom. The first-order chi connectivity index (χ1) is 9.86. The van der Waals surface area contributed by atoms with Crippen molar-refractivity contribution in [3.05, 3.63) is 23.9 Å². The quantitative estimate of drug-likeness (QED) is 0.578. The third kappa shape index (κ3) is 8.16. The van der Waals surface area contributed by atoms with Gasteiger partial charge in [0.25, 0.3) is 0 Å². The van der Waals surface area contributed by atoms with Crippen molar-refractivity contribution in [2.24, 2.45) is 0 Å². The molecule has 0 saturated carbocycles. The van der Waals surface area contributed by atoms with Gasteiger partial charge in [0, 0.05) is 18.8 Å². The molecule has 0 aliphatic carbocycles. The molecular weight excluding hydrogens is 248 g/mol. The van der Waals surface area contributed by atoms with Crippen molar-refractivity contribution in [2.75, 3.05) is 13.2 Å². The SMILES string of the molecule is CCCCCCCCOc1cc(CNCCC)ccn1. The summed E-state index contributed by atoms with van der Waals surface area (Å²) in [7, 11) is 0. The first-order valence-electron chi connectivity index (χ1n) is 8.15. The number of ether oxygens (including phenoxy) is 1.